The molecule has 0 amide bonds. The van der Waals surface area contributed by atoms with Crippen molar-refractivity contribution in [1.82, 2.24) is 0 Å². The number of hydrogen-bond donors (Lipinski definition) is 3. The fourth-order valence-electron chi connectivity index (χ4n) is 5.09. The Morgan fingerprint density at radius 2 is 1.68 bits per heavy atom. The molecule has 1 saturated heterocycles. The van der Waals surface area contributed by atoms with Gasteiger partial charge < -0.3 is 43.7 Å². The lowest BCUT2D eigenvalue weighted by atomic mass is 9.66. The molecule has 182 valence electrons. The van der Waals surface area contributed by atoms with E-state index in [1.807, 2.05) is 12.1 Å². The Morgan fingerprint density at radius 1 is 1.03 bits per heavy atom. The molecular weight excluding hydrogens is 448 g/mol. The molecule has 10 nitrogen and oxygen atoms in total. The number of rotatable bonds is 7. The second kappa shape index (κ2) is 8.86. The van der Waals surface area contributed by atoms with Gasteiger partial charge in [-0.1, -0.05) is 0 Å². The quantitative estimate of drug-likeness (QED) is 0.507. The van der Waals surface area contributed by atoms with Gasteiger partial charge in [0.15, 0.2) is 23.0 Å². The number of hydrogen-bond acceptors (Lipinski definition) is 10. The highest BCUT2D eigenvalue weighted by atomic mass is 16.7. The van der Waals surface area contributed by atoms with Crippen LogP contribution in [0.1, 0.15) is 28.7 Å². The van der Waals surface area contributed by atoms with Crippen LogP contribution < -0.4 is 18.9 Å². The maximum atomic E-state index is 13.0. The summed E-state index contributed by atoms with van der Waals surface area (Å²) in [4.78, 5) is 13.0. The number of ether oxygens (including phenoxy) is 6. The van der Waals surface area contributed by atoms with Gasteiger partial charge in [-0.2, -0.15) is 0 Å². The average Bonchev–Trinajstić information content (AvgIpc) is 3.47. The normalized spacial score (nSPS) is 25.4. The molecule has 34 heavy (non-hydrogen) atoms. The van der Waals surface area contributed by atoms with Gasteiger partial charge in [-0.15, -0.1) is 0 Å². The summed E-state index contributed by atoms with van der Waals surface area (Å²) < 4.78 is 33.4. The Kier molecular flexibility index (Phi) is 5.88. The number of carbonyl (C=O) groups is 1. The van der Waals surface area contributed by atoms with Gasteiger partial charge in [0.25, 0.3) is 0 Å². The maximum absolute atomic E-state index is 13.0. The van der Waals surface area contributed by atoms with Crippen LogP contribution in [0.25, 0.3) is 0 Å². The summed E-state index contributed by atoms with van der Waals surface area (Å²) in [6.45, 7) is -0.342. The predicted molar refractivity (Wildman–Crippen MR) is 115 cm³/mol. The standard InChI is InChI=1S/C24H26O10/c1-29-18-3-11(4-19(30-2)22(18)27)20-13-5-16-17(34-10-33-16)6-14(13)23(31-8-12(26)7-25)15-9-32-24(28)21(15)20/h3-6,12,15,20-21,23,25-27H,7-10H2,1-2H3/t12?,15?,20-,21+,23-/m1/s1. The van der Waals surface area contributed by atoms with Crippen LogP contribution >= 0.6 is 0 Å². The smallest absolute Gasteiger partial charge is 0.310 e. The van der Waals surface area contributed by atoms with Crippen molar-refractivity contribution in [2.75, 3.05) is 40.8 Å². The van der Waals surface area contributed by atoms with Crippen molar-refractivity contribution in [3.63, 3.8) is 0 Å². The summed E-state index contributed by atoms with van der Waals surface area (Å²) in [7, 11) is 2.88. The Balaban J connectivity index is 1.69. The van der Waals surface area contributed by atoms with E-state index >= 15 is 0 Å². The van der Waals surface area contributed by atoms with Gasteiger partial charge in [-0.25, -0.2) is 0 Å². The zero-order chi connectivity index (χ0) is 24.0. The fraction of sp³-hybridized carbons (Fsp3) is 0.458. The van der Waals surface area contributed by atoms with Crippen LogP contribution in [0.3, 0.4) is 0 Å². The van der Waals surface area contributed by atoms with E-state index in [1.54, 1.807) is 12.1 Å². The molecule has 5 atom stereocenters. The second-order valence-corrected chi connectivity index (χ2v) is 8.50. The van der Waals surface area contributed by atoms with Crippen LogP contribution in [0.2, 0.25) is 0 Å². The van der Waals surface area contributed by atoms with Crippen molar-refractivity contribution in [3.8, 4) is 28.7 Å². The van der Waals surface area contributed by atoms with E-state index in [9.17, 15) is 20.1 Å². The lowest BCUT2D eigenvalue weighted by Crippen LogP contribution is -2.37. The molecule has 2 aromatic carbocycles. The Hall–Kier alpha value is -3.21. The highest BCUT2D eigenvalue weighted by Gasteiger charge is 2.53. The molecule has 0 radical (unpaired) electrons. The molecule has 3 N–H and O–H groups in total. The lowest BCUT2D eigenvalue weighted by molar-refractivity contribution is -0.141. The van der Waals surface area contributed by atoms with E-state index in [1.165, 1.54) is 14.2 Å². The molecule has 0 aromatic heterocycles. The molecule has 1 fully saturated rings. The molecule has 2 aliphatic heterocycles. The fourth-order valence-corrected chi connectivity index (χ4v) is 5.09. The second-order valence-electron chi connectivity index (χ2n) is 8.50. The molecule has 10 heteroatoms. The molecular formula is C24H26O10. The third kappa shape index (κ3) is 3.58. The van der Waals surface area contributed by atoms with E-state index in [0.717, 1.165) is 11.1 Å². The Bertz CT molecular complexity index is 1070. The van der Waals surface area contributed by atoms with Gasteiger partial charge in [0.2, 0.25) is 12.5 Å². The number of fused-ring (bicyclic) bond motifs is 3. The Labute approximate surface area is 195 Å². The van der Waals surface area contributed by atoms with Gasteiger partial charge in [0.1, 0.15) is 6.10 Å². The number of phenolic OH excluding ortho intramolecular Hbond substituents is 1. The number of aliphatic hydroxyl groups is 2. The molecule has 0 saturated carbocycles. The molecule has 2 heterocycles. The van der Waals surface area contributed by atoms with Crippen LogP contribution in [-0.2, 0) is 14.3 Å². The van der Waals surface area contributed by atoms with Gasteiger partial charge in [-0.05, 0) is 41.0 Å². The first kappa shape index (κ1) is 22.6. The summed E-state index contributed by atoms with van der Waals surface area (Å²) in [5.41, 5.74) is 2.22. The molecule has 0 spiro atoms. The predicted octanol–water partition coefficient (Wildman–Crippen LogP) is 1.48. The molecule has 2 aromatic rings. The molecule has 3 aliphatic rings. The number of benzene rings is 2. The molecule has 5 rings (SSSR count). The SMILES string of the molecule is COc1cc([C@@H]2c3cc4c(cc3[C@@H](OCC(O)CO)C3COC(=O)[C@@H]32)OCO4)cc(OC)c1O. The van der Waals surface area contributed by atoms with E-state index in [4.69, 9.17) is 28.4 Å². The van der Waals surface area contributed by atoms with E-state index < -0.39 is 30.7 Å². The first-order chi connectivity index (χ1) is 16.5. The highest BCUT2D eigenvalue weighted by Crippen LogP contribution is 2.56. The van der Waals surface area contributed by atoms with E-state index in [0.29, 0.717) is 17.1 Å². The summed E-state index contributed by atoms with van der Waals surface area (Å²) in [5.74, 6) is -0.437. The van der Waals surface area contributed by atoms with Gasteiger partial charge in [0, 0.05) is 11.8 Å². The number of carbonyl (C=O) groups excluding carboxylic acids is 1. The number of esters is 1. The van der Waals surface area contributed by atoms with Crippen molar-refractivity contribution in [3.05, 3.63) is 41.0 Å². The first-order valence-corrected chi connectivity index (χ1v) is 10.9. The van der Waals surface area contributed by atoms with Gasteiger partial charge >= 0.3 is 5.97 Å². The minimum Gasteiger partial charge on any atom is -0.502 e. The van der Waals surface area contributed by atoms with Gasteiger partial charge in [0.05, 0.1) is 46.1 Å². The largest absolute Gasteiger partial charge is 0.502 e. The number of aromatic hydroxyl groups is 1. The summed E-state index contributed by atoms with van der Waals surface area (Å²) >= 11 is 0. The van der Waals surface area contributed by atoms with Crippen molar-refractivity contribution >= 4 is 5.97 Å². The molecule has 0 bridgehead atoms. The van der Waals surface area contributed by atoms with Crippen molar-refractivity contribution in [2.24, 2.45) is 11.8 Å². The zero-order valence-corrected chi connectivity index (χ0v) is 18.7. The van der Waals surface area contributed by atoms with Crippen molar-refractivity contribution in [2.45, 2.75) is 18.1 Å². The third-order valence-electron chi connectivity index (χ3n) is 6.66. The summed E-state index contributed by atoms with van der Waals surface area (Å²) in [6, 6.07) is 7.01. The van der Waals surface area contributed by atoms with E-state index in [-0.39, 0.29) is 49.1 Å². The van der Waals surface area contributed by atoms with Crippen LogP contribution in [0, 0.1) is 11.8 Å². The molecule has 1 aliphatic carbocycles. The van der Waals surface area contributed by atoms with Gasteiger partial charge in [-0.3, -0.25) is 4.79 Å². The zero-order valence-electron chi connectivity index (χ0n) is 18.7. The van der Waals surface area contributed by atoms with Crippen LogP contribution in [0.4, 0.5) is 0 Å². The third-order valence-corrected chi connectivity index (χ3v) is 6.66. The maximum Gasteiger partial charge on any atom is 0.310 e. The van der Waals surface area contributed by atoms with Crippen molar-refractivity contribution < 1.29 is 48.5 Å². The van der Waals surface area contributed by atoms with Crippen molar-refractivity contribution in [1.29, 1.82) is 0 Å². The van der Waals surface area contributed by atoms with E-state index in [2.05, 4.69) is 0 Å². The minimum absolute atomic E-state index is 0.0768. The van der Waals surface area contributed by atoms with Crippen LogP contribution in [0.5, 0.6) is 28.7 Å². The number of cyclic esters (lactones) is 1. The summed E-state index contributed by atoms with van der Waals surface area (Å²) in [6.07, 6.45) is -1.64. The topological polar surface area (TPSA) is 133 Å². The summed E-state index contributed by atoms with van der Waals surface area (Å²) in [5, 5.41) is 29.5. The highest BCUT2D eigenvalue weighted by molar-refractivity contribution is 5.79. The lowest BCUT2D eigenvalue weighted by Gasteiger charge is -2.39. The monoisotopic (exact) mass is 474 g/mol. The van der Waals surface area contributed by atoms with Crippen LogP contribution in [-0.4, -0.2) is 68.2 Å². The average molecular weight is 474 g/mol. The molecule has 2 unspecified atom stereocenters. The van der Waals surface area contributed by atoms with Crippen LogP contribution in [0.15, 0.2) is 24.3 Å². The number of methoxy groups -OCH3 is 2. The number of aliphatic hydroxyl groups excluding tert-OH is 2. The first-order valence-electron chi connectivity index (χ1n) is 10.9. The Morgan fingerprint density at radius 3 is 2.29 bits per heavy atom. The number of phenols is 1. The minimum atomic E-state index is -1.06.